The molecule has 0 radical (unpaired) electrons. The Morgan fingerprint density at radius 2 is 1.95 bits per heavy atom. The standard InChI is InChI=1S/C13H12N2O4S2/c16-11(17)13(5-6-13)9-1-3-10(4-2-9)21(18,19)15-12-14-7-8-20-12/h1-4,7-8H,5-6H2,(H,14,15)(H,16,17). The number of aromatic nitrogens is 1. The molecule has 0 amide bonds. The molecule has 2 aromatic rings. The first-order chi connectivity index (χ1) is 9.94. The first-order valence-electron chi connectivity index (χ1n) is 6.20. The number of sulfonamides is 1. The third-order valence-electron chi connectivity index (χ3n) is 3.53. The van der Waals surface area contributed by atoms with Gasteiger partial charge in [0.2, 0.25) is 0 Å². The van der Waals surface area contributed by atoms with Crippen LogP contribution in [-0.4, -0.2) is 24.5 Å². The Bertz CT molecular complexity index is 763. The van der Waals surface area contributed by atoms with Crippen LogP contribution in [0.15, 0.2) is 40.7 Å². The van der Waals surface area contributed by atoms with Crippen LogP contribution in [-0.2, 0) is 20.2 Å². The highest BCUT2D eigenvalue weighted by atomic mass is 32.2. The van der Waals surface area contributed by atoms with Crippen molar-refractivity contribution in [2.45, 2.75) is 23.2 Å². The lowest BCUT2D eigenvalue weighted by molar-refractivity contribution is -0.140. The van der Waals surface area contributed by atoms with Crippen LogP contribution in [0, 0.1) is 0 Å². The van der Waals surface area contributed by atoms with Crippen molar-refractivity contribution in [1.29, 1.82) is 0 Å². The van der Waals surface area contributed by atoms with E-state index in [0.717, 1.165) is 0 Å². The number of carboxylic acid groups (broad SMARTS) is 1. The highest BCUT2D eigenvalue weighted by Crippen LogP contribution is 2.48. The second-order valence-corrected chi connectivity index (χ2v) is 7.43. The summed E-state index contributed by atoms with van der Waals surface area (Å²) in [5.74, 6) is -0.862. The number of nitrogens with one attached hydrogen (secondary N) is 1. The summed E-state index contributed by atoms with van der Waals surface area (Å²) in [5.41, 5.74) is -0.186. The molecule has 1 aromatic carbocycles. The van der Waals surface area contributed by atoms with Gasteiger partial charge in [-0.2, -0.15) is 0 Å². The number of carbonyl (C=O) groups is 1. The minimum absolute atomic E-state index is 0.0858. The summed E-state index contributed by atoms with van der Waals surface area (Å²) in [5, 5.41) is 11.2. The number of carboxylic acids is 1. The second-order valence-electron chi connectivity index (χ2n) is 4.85. The fourth-order valence-electron chi connectivity index (χ4n) is 2.15. The van der Waals surface area contributed by atoms with Gasteiger partial charge in [0, 0.05) is 11.6 Å². The maximum Gasteiger partial charge on any atom is 0.314 e. The van der Waals surface area contributed by atoms with E-state index in [1.807, 2.05) is 0 Å². The van der Waals surface area contributed by atoms with Gasteiger partial charge >= 0.3 is 5.97 Å². The predicted molar refractivity (Wildman–Crippen MR) is 77.9 cm³/mol. The summed E-state index contributed by atoms with van der Waals surface area (Å²) < 4.78 is 26.7. The molecule has 1 aromatic heterocycles. The molecule has 0 atom stereocenters. The molecule has 6 nitrogen and oxygen atoms in total. The van der Waals surface area contributed by atoms with Crippen LogP contribution in [0.5, 0.6) is 0 Å². The average molecular weight is 324 g/mol. The summed E-state index contributed by atoms with van der Waals surface area (Å²) in [6, 6.07) is 5.98. The van der Waals surface area contributed by atoms with Gasteiger partial charge in [-0.05, 0) is 30.5 Å². The Balaban J connectivity index is 1.86. The van der Waals surface area contributed by atoms with Crippen LogP contribution < -0.4 is 4.72 Å². The molecule has 1 aliphatic rings. The maximum absolute atomic E-state index is 12.1. The zero-order chi connectivity index (χ0) is 15.1. The zero-order valence-corrected chi connectivity index (χ0v) is 12.4. The molecule has 0 spiro atoms. The molecular weight excluding hydrogens is 312 g/mol. The fraction of sp³-hybridized carbons (Fsp3) is 0.231. The molecule has 0 unspecified atom stereocenters. The summed E-state index contributed by atoms with van der Waals surface area (Å²) in [6.45, 7) is 0. The third kappa shape index (κ3) is 2.52. The zero-order valence-electron chi connectivity index (χ0n) is 10.8. The number of hydrogen-bond donors (Lipinski definition) is 2. The predicted octanol–water partition coefficient (Wildman–Crippen LogP) is 2.06. The van der Waals surface area contributed by atoms with Crippen LogP contribution in [0.3, 0.4) is 0 Å². The molecular formula is C13H12N2O4S2. The number of anilines is 1. The Labute approximate surface area is 125 Å². The molecule has 0 aliphatic heterocycles. The normalized spacial score (nSPS) is 16.4. The van der Waals surface area contributed by atoms with E-state index < -0.39 is 21.4 Å². The maximum atomic E-state index is 12.1. The molecule has 2 N–H and O–H groups in total. The molecule has 3 rings (SSSR count). The highest BCUT2D eigenvalue weighted by Gasteiger charge is 2.51. The van der Waals surface area contributed by atoms with Crippen molar-refractivity contribution in [2.24, 2.45) is 0 Å². The van der Waals surface area contributed by atoms with Crippen molar-refractivity contribution in [3.05, 3.63) is 41.4 Å². The number of nitrogens with zero attached hydrogens (tertiary/aromatic N) is 1. The Morgan fingerprint density at radius 3 is 2.43 bits per heavy atom. The third-order valence-corrected chi connectivity index (χ3v) is 5.70. The lowest BCUT2D eigenvalue weighted by Crippen LogP contribution is -2.19. The molecule has 1 saturated carbocycles. The van der Waals surface area contributed by atoms with Gasteiger partial charge in [0.15, 0.2) is 5.13 Å². The van der Waals surface area contributed by atoms with Gasteiger partial charge in [-0.3, -0.25) is 9.52 Å². The number of benzene rings is 1. The van der Waals surface area contributed by atoms with Crippen molar-refractivity contribution in [3.8, 4) is 0 Å². The SMILES string of the molecule is O=C(O)C1(c2ccc(S(=O)(=O)Nc3nccs3)cc2)CC1. The van der Waals surface area contributed by atoms with Gasteiger partial charge in [0.05, 0.1) is 10.3 Å². The minimum atomic E-state index is -3.69. The van der Waals surface area contributed by atoms with E-state index in [1.54, 1.807) is 17.5 Å². The smallest absolute Gasteiger partial charge is 0.314 e. The van der Waals surface area contributed by atoms with Crippen molar-refractivity contribution < 1.29 is 18.3 Å². The molecule has 0 bridgehead atoms. The largest absolute Gasteiger partial charge is 0.481 e. The first-order valence-corrected chi connectivity index (χ1v) is 8.57. The van der Waals surface area contributed by atoms with Gasteiger partial charge in [-0.15, -0.1) is 11.3 Å². The van der Waals surface area contributed by atoms with E-state index in [0.29, 0.717) is 23.5 Å². The van der Waals surface area contributed by atoms with Gasteiger partial charge in [-0.25, -0.2) is 13.4 Å². The highest BCUT2D eigenvalue weighted by molar-refractivity contribution is 7.93. The monoisotopic (exact) mass is 324 g/mol. The second kappa shape index (κ2) is 4.81. The van der Waals surface area contributed by atoms with E-state index >= 15 is 0 Å². The van der Waals surface area contributed by atoms with Crippen molar-refractivity contribution >= 4 is 32.5 Å². The molecule has 0 saturated heterocycles. The molecule has 21 heavy (non-hydrogen) atoms. The summed E-state index contributed by atoms with van der Waals surface area (Å²) >= 11 is 1.19. The molecule has 1 aliphatic carbocycles. The number of aliphatic carboxylic acids is 1. The quantitative estimate of drug-likeness (QED) is 0.877. The van der Waals surface area contributed by atoms with Crippen LogP contribution in [0.2, 0.25) is 0 Å². The first kappa shape index (κ1) is 14.0. The van der Waals surface area contributed by atoms with E-state index in [2.05, 4.69) is 9.71 Å². The topological polar surface area (TPSA) is 96.4 Å². The summed E-state index contributed by atoms with van der Waals surface area (Å²) in [7, 11) is -3.69. The van der Waals surface area contributed by atoms with E-state index in [-0.39, 0.29) is 4.90 Å². The fourth-order valence-corrected chi connectivity index (χ4v) is 3.94. The van der Waals surface area contributed by atoms with E-state index in [4.69, 9.17) is 0 Å². The minimum Gasteiger partial charge on any atom is -0.481 e. The van der Waals surface area contributed by atoms with Crippen LogP contribution in [0.1, 0.15) is 18.4 Å². The molecule has 1 heterocycles. The number of thiazole rings is 1. The molecule has 110 valence electrons. The van der Waals surface area contributed by atoms with Gasteiger partial charge in [-0.1, -0.05) is 12.1 Å². The van der Waals surface area contributed by atoms with Crippen molar-refractivity contribution in [1.82, 2.24) is 4.98 Å². The van der Waals surface area contributed by atoms with Crippen molar-refractivity contribution in [3.63, 3.8) is 0 Å². The van der Waals surface area contributed by atoms with Crippen molar-refractivity contribution in [2.75, 3.05) is 4.72 Å². The Hall–Kier alpha value is -1.93. The molecule has 8 heteroatoms. The van der Waals surface area contributed by atoms with E-state index in [9.17, 15) is 18.3 Å². The van der Waals surface area contributed by atoms with Gasteiger partial charge < -0.3 is 5.11 Å². The van der Waals surface area contributed by atoms with Crippen LogP contribution in [0.4, 0.5) is 5.13 Å². The Kier molecular flexibility index (Phi) is 3.22. The van der Waals surface area contributed by atoms with Gasteiger partial charge in [0.25, 0.3) is 10.0 Å². The molecule has 1 fully saturated rings. The Morgan fingerprint density at radius 1 is 1.29 bits per heavy atom. The lowest BCUT2D eigenvalue weighted by atomic mass is 9.96. The number of hydrogen-bond acceptors (Lipinski definition) is 5. The average Bonchev–Trinajstić information content (AvgIpc) is 3.12. The summed E-state index contributed by atoms with van der Waals surface area (Å²) in [4.78, 5) is 15.2. The van der Waals surface area contributed by atoms with Crippen LogP contribution >= 0.6 is 11.3 Å². The number of rotatable bonds is 5. The summed E-state index contributed by atoms with van der Waals surface area (Å²) in [6.07, 6.45) is 2.69. The van der Waals surface area contributed by atoms with Crippen LogP contribution in [0.25, 0.3) is 0 Å². The van der Waals surface area contributed by atoms with Gasteiger partial charge in [0.1, 0.15) is 0 Å². The lowest BCUT2D eigenvalue weighted by Gasteiger charge is -2.11. The van der Waals surface area contributed by atoms with E-state index in [1.165, 1.54) is 29.7 Å².